The maximum Gasteiger partial charge on any atom is 0.136 e. The monoisotopic (exact) mass is 335 g/mol. The predicted octanol–water partition coefficient (Wildman–Crippen LogP) is 2.55. The molecule has 0 bridgehead atoms. The second kappa shape index (κ2) is 5.68. The first kappa shape index (κ1) is 13.8. The number of anilines is 1. The smallest absolute Gasteiger partial charge is 0.136 e. The van der Waals surface area contributed by atoms with Gasteiger partial charge < -0.3 is 15.4 Å². The van der Waals surface area contributed by atoms with Crippen molar-refractivity contribution in [2.24, 2.45) is 5.73 Å². The summed E-state index contributed by atoms with van der Waals surface area (Å²) in [6.07, 6.45) is 2.10. The van der Waals surface area contributed by atoms with Gasteiger partial charge in [0.1, 0.15) is 5.82 Å². The van der Waals surface area contributed by atoms with Gasteiger partial charge in [0.25, 0.3) is 0 Å². The van der Waals surface area contributed by atoms with Crippen LogP contribution in [0.25, 0.3) is 10.8 Å². The van der Waals surface area contributed by atoms with Crippen LogP contribution in [-0.4, -0.2) is 36.8 Å². The number of morpholine rings is 1. The fraction of sp³-hybridized carbons (Fsp3) is 0.400. The Balaban J connectivity index is 2.03. The second-order valence-electron chi connectivity index (χ2n) is 5.18. The molecular weight excluding hydrogens is 318 g/mol. The van der Waals surface area contributed by atoms with E-state index in [0.29, 0.717) is 6.54 Å². The number of ether oxygens (including phenoxy) is 1. The maximum absolute atomic E-state index is 5.82. The summed E-state index contributed by atoms with van der Waals surface area (Å²) in [6, 6.07) is 8.24. The molecule has 2 heterocycles. The predicted molar refractivity (Wildman–Crippen MR) is 85.0 cm³/mol. The van der Waals surface area contributed by atoms with Crippen LogP contribution in [0.1, 0.15) is 6.92 Å². The molecule has 1 aromatic carbocycles. The molecule has 0 radical (unpaired) electrons. The normalized spacial score (nSPS) is 23.2. The van der Waals surface area contributed by atoms with E-state index in [4.69, 9.17) is 10.5 Å². The maximum atomic E-state index is 5.82. The van der Waals surface area contributed by atoms with Gasteiger partial charge in [0, 0.05) is 41.1 Å². The van der Waals surface area contributed by atoms with Gasteiger partial charge in [-0.1, -0.05) is 28.1 Å². The highest BCUT2D eigenvalue weighted by Crippen LogP contribution is 2.31. The molecule has 0 aliphatic carbocycles. The number of aromatic nitrogens is 1. The third kappa shape index (κ3) is 2.53. The van der Waals surface area contributed by atoms with Gasteiger partial charge in [-0.2, -0.15) is 0 Å². The summed E-state index contributed by atoms with van der Waals surface area (Å²) < 4.78 is 6.91. The third-order valence-electron chi connectivity index (χ3n) is 3.62. The number of nitrogens with two attached hydrogens (primary N) is 1. The van der Waals surface area contributed by atoms with Crippen LogP contribution in [0.5, 0.6) is 0 Å². The summed E-state index contributed by atoms with van der Waals surface area (Å²) in [7, 11) is 0. The van der Waals surface area contributed by atoms with Crippen molar-refractivity contribution in [3.8, 4) is 0 Å². The summed E-state index contributed by atoms with van der Waals surface area (Å²) in [6.45, 7) is 4.25. The van der Waals surface area contributed by atoms with Crippen molar-refractivity contribution < 1.29 is 4.74 Å². The standard InChI is InChI=1S/C15H18BrN3O/c1-10-8-19(9-11(7-17)20-10)15-13-3-2-4-14(16)12(13)5-6-18-15/h2-6,10-11H,7-9,17H2,1H3. The summed E-state index contributed by atoms with van der Waals surface area (Å²) in [5.41, 5.74) is 5.76. The number of hydrogen-bond acceptors (Lipinski definition) is 4. The summed E-state index contributed by atoms with van der Waals surface area (Å²) in [4.78, 5) is 6.86. The Morgan fingerprint density at radius 3 is 3.00 bits per heavy atom. The van der Waals surface area contributed by atoms with E-state index < -0.39 is 0 Å². The molecule has 1 fully saturated rings. The SMILES string of the molecule is CC1CN(c2nccc3c(Br)cccc23)CC(CN)O1. The first-order valence-corrected chi connectivity index (χ1v) is 7.62. The van der Waals surface area contributed by atoms with Gasteiger partial charge in [0.05, 0.1) is 12.2 Å². The Kier molecular flexibility index (Phi) is 3.92. The van der Waals surface area contributed by atoms with Crippen LogP contribution in [-0.2, 0) is 4.74 Å². The molecule has 2 atom stereocenters. The number of hydrogen-bond donors (Lipinski definition) is 1. The van der Waals surface area contributed by atoms with Gasteiger partial charge in [0.2, 0.25) is 0 Å². The van der Waals surface area contributed by atoms with E-state index in [-0.39, 0.29) is 12.2 Å². The van der Waals surface area contributed by atoms with E-state index in [9.17, 15) is 0 Å². The first-order valence-electron chi connectivity index (χ1n) is 6.82. The molecule has 2 aromatic rings. The van der Waals surface area contributed by atoms with Crippen molar-refractivity contribution in [2.45, 2.75) is 19.1 Å². The average molecular weight is 336 g/mol. The number of halogens is 1. The van der Waals surface area contributed by atoms with Crippen LogP contribution in [0.2, 0.25) is 0 Å². The third-order valence-corrected chi connectivity index (χ3v) is 4.31. The van der Waals surface area contributed by atoms with E-state index in [1.165, 1.54) is 5.39 Å². The molecule has 2 unspecified atom stereocenters. The molecule has 0 saturated carbocycles. The van der Waals surface area contributed by atoms with E-state index in [0.717, 1.165) is 28.8 Å². The van der Waals surface area contributed by atoms with E-state index in [1.54, 1.807) is 0 Å². The fourth-order valence-electron chi connectivity index (χ4n) is 2.75. The lowest BCUT2D eigenvalue weighted by atomic mass is 10.1. The van der Waals surface area contributed by atoms with Crippen LogP contribution in [0, 0.1) is 0 Å². The molecule has 5 heteroatoms. The second-order valence-corrected chi connectivity index (χ2v) is 6.03. The summed E-state index contributed by atoms with van der Waals surface area (Å²) in [5, 5.41) is 2.34. The van der Waals surface area contributed by atoms with Gasteiger partial charge >= 0.3 is 0 Å². The van der Waals surface area contributed by atoms with Crippen molar-refractivity contribution in [1.29, 1.82) is 0 Å². The largest absolute Gasteiger partial charge is 0.370 e. The fourth-order valence-corrected chi connectivity index (χ4v) is 3.25. The van der Waals surface area contributed by atoms with Gasteiger partial charge in [-0.25, -0.2) is 4.98 Å². The zero-order chi connectivity index (χ0) is 14.1. The molecule has 0 amide bonds. The van der Waals surface area contributed by atoms with Gasteiger partial charge in [-0.3, -0.25) is 0 Å². The minimum Gasteiger partial charge on any atom is -0.370 e. The minimum atomic E-state index is 0.0722. The molecule has 1 aromatic heterocycles. The van der Waals surface area contributed by atoms with Crippen molar-refractivity contribution in [3.05, 3.63) is 34.9 Å². The Bertz CT molecular complexity index is 619. The molecule has 1 saturated heterocycles. The molecule has 3 rings (SSSR count). The van der Waals surface area contributed by atoms with Gasteiger partial charge in [0.15, 0.2) is 0 Å². The number of pyridine rings is 1. The van der Waals surface area contributed by atoms with E-state index >= 15 is 0 Å². The van der Waals surface area contributed by atoms with Crippen molar-refractivity contribution >= 4 is 32.5 Å². The zero-order valence-corrected chi connectivity index (χ0v) is 13.0. The molecule has 2 N–H and O–H groups in total. The van der Waals surface area contributed by atoms with Crippen LogP contribution < -0.4 is 10.6 Å². The highest BCUT2D eigenvalue weighted by molar-refractivity contribution is 9.10. The molecule has 0 spiro atoms. The lowest BCUT2D eigenvalue weighted by molar-refractivity contribution is -0.0106. The Morgan fingerprint density at radius 1 is 1.35 bits per heavy atom. The number of benzene rings is 1. The quantitative estimate of drug-likeness (QED) is 0.916. The molecule has 1 aliphatic rings. The molecule has 1 aliphatic heterocycles. The Labute approximate surface area is 127 Å². The highest BCUT2D eigenvalue weighted by atomic mass is 79.9. The summed E-state index contributed by atoms with van der Waals surface area (Å²) in [5.74, 6) is 1.01. The Morgan fingerprint density at radius 2 is 2.20 bits per heavy atom. The number of rotatable bonds is 2. The Hall–Kier alpha value is -1.17. The topological polar surface area (TPSA) is 51.4 Å². The average Bonchev–Trinajstić information content (AvgIpc) is 2.46. The molecule has 4 nitrogen and oxygen atoms in total. The number of nitrogens with zero attached hydrogens (tertiary/aromatic N) is 2. The van der Waals surface area contributed by atoms with Gasteiger partial charge in [-0.15, -0.1) is 0 Å². The minimum absolute atomic E-state index is 0.0722. The zero-order valence-electron chi connectivity index (χ0n) is 11.4. The van der Waals surface area contributed by atoms with Crippen LogP contribution in [0.4, 0.5) is 5.82 Å². The molecule has 106 valence electrons. The van der Waals surface area contributed by atoms with Crippen LogP contribution >= 0.6 is 15.9 Å². The lowest BCUT2D eigenvalue weighted by Gasteiger charge is -2.37. The van der Waals surface area contributed by atoms with Crippen molar-refractivity contribution in [1.82, 2.24) is 4.98 Å². The summed E-state index contributed by atoms with van der Waals surface area (Å²) >= 11 is 3.60. The van der Waals surface area contributed by atoms with E-state index in [1.807, 2.05) is 18.3 Å². The van der Waals surface area contributed by atoms with Gasteiger partial charge in [-0.05, 0) is 19.1 Å². The molecular formula is C15H18BrN3O. The van der Waals surface area contributed by atoms with Crippen molar-refractivity contribution in [2.75, 3.05) is 24.5 Å². The van der Waals surface area contributed by atoms with Crippen molar-refractivity contribution in [3.63, 3.8) is 0 Å². The molecule has 20 heavy (non-hydrogen) atoms. The number of fused-ring (bicyclic) bond motifs is 1. The first-order chi connectivity index (χ1) is 9.69. The van der Waals surface area contributed by atoms with Crippen LogP contribution in [0.3, 0.4) is 0 Å². The lowest BCUT2D eigenvalue weighted by Crippen LogP contribution is -2.49. The van der Waals surface area contributed by atoms with E-state index in [2.05, 4.69) is 44.9 Å². The van der Waals surface area contributed by atoms with Crippen LogP contribution in [0.15, 0.2) is 34.9 Å². The highest BCUT2D eigenvalue weighted by Gasteiger charge is 2.26.